The molecule has 0 spiro atoms. The van der Waals surface area contributed by atoms with Crippen LogP contribution >= 0.6 is 0 Å². The number of ether oxygens (including phenoxy) is 1. The molecule has 1 saturated carbocycles. The fourth-order valence-electron chi connectivity index (χ4n) is 3.52. The molecule has 1 aliphatic rings. The summed E-state index contributed by atoms with van der Waals surface area (Å²) >= 11 is 0. The largest absolute Gasteiger partial charge is 0.444 e. The third-order valence-corrected chi connectivity index (χ3v) is 5.15. The second-order valence-electron chi connectivity index (χ2n) is 7.43. The molecule has 0 radical (unpaired) electrons. The van der Waals surface area contributed by atoms with Crippen LogP contribution < -0.4 is 5.32 Å². The van der Waals surface area contributed by atoms with Gasteiger partial charge in [-0.25, -0.2) is 4.79 Å². The van der Waals surface area contributed by atoms with E-state index in [1.54, 1.807) is 12.1 Å². The van der Waals surface area contributed by atoms with Crippen molar-refractivity contribution in [1.29, 1.82) is 0 Å². The summed E-state index contributed by atoms with van der Waals surface area (Å²) in [6.07, 6.45) is 0.975. The lowest BCUT2D eigenvalue weighted by atomic mass is 10.1. The number of carbonyl (C=O) groups is 2. The van der Waals surface area contributed by atoms with E-state index in [0.717, 1.165) is 29.9 Å². The number of hydrogen-bond acceptors (Lipinski definition) is 3. The molecular weight excluding hydrogens is 364 g/mol. The average molecular weight is 388 g/mol. The molecule has 5 heteroatoms. The van der Waals surface area contributed by atoms with E-state index in [1.165, 1.54) is 0 Å². The minimum absolute atomic E-state index is 0.190. The van der Waals surface area contributed by atoms with Gasteiger partial charge in [0.1, 0.15) is 0 Å². The summed E-state index contributed by atoms with van der Waals surface area (Å²) in [6.45, 7) is 3.84. The Morgan fingerprint density at radius 1 is 1.00 bits per heavy atom. The Kier molecular flexibility index (Phi) is 5.21. The fourth-order valence-corrected chi connectivity index (χ4v) is 3.52. The third-order valence-electron chi connectivity index (χ3n) is 5.15. The maximum Gasteiger partial charge on any atom is 0.341 e. The molecule has 1 aliphatic carbocycles. The van der Waals surface area contributed by atoms with Gasteiger partial charge in [-0.2, -0.15) is 0 Å². The van der Waals surface area contributed by atoms with Gasteiger partial charge in [-0.05, 0) is 44.9 Å². The first-order valence-corrected chi connectivity index (χ1v) is 9.85. The lowest BCUT2D eigenvalue weighted by Gasteiger charge is -2.18. The van der Waals surface area contributed by atoms with Crippen LogP contribution in [0.2, 0.25) is 0 Å². The molecule has 1 fully saturated rings. The van der Waals surface area contributed by atoms with E-state index in [2.05, 4.69) is 5.32 Å². The van der Waals surface area contributed by atoms with Gasteiger partial charge in [0.15, 0.2) is 0 Å². The predicted molar refractivity (Wildman–Crippen MR) is 111 cm³/mol. The van der Waals surface area contributed by atoms with Crippen molar-refractivity contribution in [2.24, 2.45) is 0 Å². The van der Waals surface area contributed by atoms with Crippen LogP contribution in [0, 0.1) is 13.8 Å². The highest BCUT2D eigenvalue weighted by molar-refractivity contribution is 5.94. The molecule has 1 heterocycles. The number of benzene rings is 2. The van der Waals surface area contributed by atoms with Crippen LogP contribution in [0.15, 0.2) is 66.7 Å². The van der Waals surface area contributed by atoms with Crippen molar-refractivity contribution in [2.45, 2.75) is 38.8 Å². The van der Waals surface area contributed by atoms with E-state index in [9.17, 15) is 9.59 Å². The molecule has 1 N–H and O–H groups in total. The number of para-hydroxylation sites is 1. The number of aromatic nitrogens is 1. The highest BCUT2D eigenvalue weighted by Gasteiger charge is 2.31. The lowest BCUT2D eigenvalue weighted by molar-refractivity contribution is -0.130. The van der Waals surface area contributed by atoms with Gasteiger partial charge in [0.05, 0.1) is 5.56 Å². The normalized spacial score (nSPS) is 14.3. The summed E-state index contributed by atoms with van der Waals surface area (Å²) in [5.41, 5.74) is 3.82. The monoisotopic (exact) mass is 388 g/mol. The first-order chi connectivity index (χ1) is 14.0. The Labute approximate surface area is 170 Å². The first kappa shape index (κ1) is 19.0. The predicted octanol–water partition coefficient (Wildman–Crippen LogP) is 4.27. The summed E-state index contributed by atoms with van der Waals surface area (Å²) in [7, 11) is 0. The zero-order chi connectivity index (χ0) is 20.4. The quantitative estimate of drug-likeness (QED) is 0.642. The number of esters is 1. The standard InChI is InChI=1S/C24H24N2O3/c1-16-15-21(17(2)26(16)20-11-7-4-8-12-20)24(28)29-22(18-9-5-3-6-10-18)23(27)25-19-13-14-19/h3-12,15,19,22H,13-14H2,1-2H3,(H,25,27). The van der Waals surface area contributed by atoms with Crippen LogP contribution in [0.5, 0.6) is 0 Å². The summed E-state index contributed by atoms with van der Waals surface area (Å²) in [5.74, 6) is -0.774. The second kappa shape index (κ2) is 7.95. The van der Waals surface area contributed by atoms with Crippen LogP contribution in [0.25, 0.3) is 5.69 Å². The molecule has 4 rings (SSSR count). The molecule has 1 unspecified atom stereocenters. The van der Waals surface area contributed by atoms with E-state index < -0.39 is 12.1 Å². The van der Waals surface area contributed by atoms with Crippen molar-refractivity contribution in [3.05, 3.63) is 89.2 Å². The molecule has 1 atom stereocenters. The molecule has 0 aliphatic heterocycles. The van der Waals surface area contributed by atoms with Gasteiger partial charge in [-0.1, -0.05) is 48.5 Å². The minimum Gasteiger partial charge on any atom is -0.444 e. The van der Waals surface area contributed by atoms with Crippen LogP contribution in [-0.4, -0.2) is 22.5 Å². The molecule has 0 bridgehead atoms. The highest BCUT2D eigenvalue weighted by atomic mass is 16.5. The Balaban J connectivity index is 1.62. The molecule has 1 amide bonds. The molecular formula is C24H24N2O3. The number of carbonyl (C=O) groups excluding carboxylic acids is 2. The summed E-state index contributed by atoms with van der Waals surface area (Å²) in [6, 6.07) is 21.0. The summed E-state index contributed by atoms with van der Waals surface area (Å²) in [5, 5.41) is 2.94. The van der Waals surface area contributed by atoms with Crippen molar-refractivity contribution >= 4 is 11.9 Å². The topological polar surface area (TPSA) is 60.3 Å². The van der Waals surface area contributed by atoms with Gasteiger partial charge >= 0.3 is 5.97 Å². The number of hydrogen-bond donors (Lipinski definition) is 1. The lowest BCUT2D eigenvalue weighted by Crippen LogP contribution is -2.33. The van der Waals surface area contributed by atoms with E-state index in [0.29, 0.717) is 11.1 Å². The molecule has 1 aromatic heterocycles. The van der Waals surface area contributed by atoms with Crippen LogP contribution in [-0.2, 0) is 9.53 Å². The van der Waals surface area contributed by atoms with Crippen molar-refractivity contribution in [3.8, 4) is 5.69 Å². The number of rotatable bonds is 6. The Morgan fingerprint density at radius 3 is 2.24 bits per heavy atom. The van der Waals surface area contributed by atoms with Crippen LogP contribution in [0.4, 0.5) is 0 Å². The van der Waals surface area contributed by atoms with Gasteiger partial charge in [0, 0.05) is 28.7 Å². The van der Waals surface area contributed by atoms with Gasteiger partial charge in [-0.15, -0.1) is 0 Å². The Bertz CT molecular complexity index is 1020. The van der Waals surface area contributed by atoms with Gasteiger partial charge in [-0.3, -0.25) is 4.79 Å². The second-order valence-corrected chi connectivity index (χ2v) is 7.43. The maximum atomic E-state index is 13.0. The highest BCUT2D eigenvalue weighted by Crippen LogP contribution is 2.26. The average Bonchev–Trinajstić information content (AvgIpc) is 3.50. The van der Waals surface area contributed by atoms with E-state index in [-0.39, 0.29) is 11.9 Å². The molecule has 3 aromatic rings. The van der Waals surface area contributed by atoms with Crippen molar-refractivity contribution in [2.75, 3.05) is 0 Å². The molecule has 29 heavy (non-hydrogen) atoms. The van der Waals surface area contributed by atoms with Crippen molar-refractivity contribution < 1.29 is 14.3 Å². The SMILES string of the molecule is Cc1cc(C(=O)OC(C(=O)NC2CC2)c2ccccc2)c(C)n1-c1ccccc1. The van der Waals surface area contributed by atoms with Crippen molar-refractivity contribution in [1.82, 2.24) is 9.88 Å². The van der Waals surface area contributed by atoms with Gasteiger partial charge in [0.25, 0.3) is 5.91 Å². The van der Waals surface area contributed by atoms with E-state index in [4.69, 9.17) is 4.74 Å². The smallest absolute Gasteiger partial charge is 0.341 e. The van der Waals surface area contributed by atoms with E-state index >= 15 is 0 Å². The van der Waals surface area contributed by atoms with Crippen LogP contribution in [0.1, 0.15) is 46.3 Å². The summed E-state index contributed by atoms with van der Waals surface area (Å²) < 4.78 is 7.75. The molecule has 5 nitrogen and oxygen atoms in total. The Hall–Kier alpha value is -3.34. The first-order valence-electron chi connectivity index (χ1n) is 9.85. The zero-order valence-electron chi connectivity index (χ0n) is 16.6. The maximum absolute atomic E-state index is 13.0. The summed E-state index contributed by atoms with van der Waals surface area (Å²) in [4.78, 5) is 25.8. The minimum atomic E-state index is -0.968. The Morgan fingerprint density at radius 2 is 1.62 bits per heavy atom. The molecule has 148 valence electrons. The fraction of sp³-hybridized carbons (Fsp3) is 0.250. The molecule has 0 saturated heterocycles. The van der Waals surface area contributed by atoms with E-state index in [1.807, 2.05) is 73.0 Å². The number of aryl methyl sites for hydroxylation is 1. The number of nitrogens with one attached hydrogen (secondary N) is 1. The molecule has 2 aromatic carbocycles. The number of amides is 1. The zero-order valence-corrected chi connectivity index (χ0v) is 16.6. The van der Waals surface area contributed by atoms with Crippen LogP contribution in [0.3, 0.4) is 0 Å². The number of nitrogens with zero attached hydrogens (tertiary/aromatic N) is 1. The van der Waals surface area contributed by atoms with Gasteiger partial charge in [0.2, 0.25) is 6.10 Å². The van der Waals surface area contributed by atoms with Crippen molar-refractivity contribution in [3.63, 3.8) is 0 Å². The third kappa shape index (κ3) is 4.09. The van der Waals surface area contributed by atoms with Gasteiger partial charge < -0.3 is 14.6 Å².